The summed E-state index contributed by atoms with van der Waals surface area (Å²) in [5.41, 5.74) is 1.28. The molecule has 0 unspecified atom stereocenters. The molecule has 0 N–H and O–H groups in total. The van der Waals surface area contributed by atoms with Gasteiger partial charge in [0.1, 0.15) is 17.3 Å². The number of benzene rings is 2. The van der Waals surface area contributed by atoms with E-state index in [1.165, 1.54) is 37.5 Å². The van der Waals surface area contributed by atoms with Gasteiger partial charge >= 0.3 is 0 Å². The van der Waals surface area contributed by atoms with Crippen LogP contribution in [0.25, 0.3) is 17.4 Å². The van der Waals surface area contributed by atoms with Gasteiger partial charge in [-0.05, 0) is 47.7 Å². The molecule has 8 nitrogen and oxygen atoms in total. The van der Waals surface area contributed by atoms with Gasteiger partial charge in [0.25, 0.3) is 16.8 Å². The van der Waals surface area contributed by atoms with Gasteiger partial charge in [-0.1, -0.05) is 23.7 Å². The number of furan rings is 1. The lowest BCUT2D eigenvalue weighted by atomic mass is 10.2. The Morgan fingerprint density at radius 1 is 1.16 bits per heavy atom. The van der Waals surface area contributed by atoms with Gasteiger partial charge in [-0.25, -0.2) is 0 Å². The van der Waals surface area contributed by atoms with Crippen molar-refractivity contribution in [2.24, 2.45) is 0 Å². The zero-order chi connectivity index (χ0) is 22.8. The largest absolute Gasteiger partial charge is 0.495 e. The summed E-state index contributed by atoms with van der Waals surface area (Å²) in [7, 11) is 1.53. The fourth-order valence-electron chi connectivity index (χ4n) is 3.08. The second-order valence-corrected chi connectivity index (χ2v) is 8.14. The molecule has 4 rings (SSSR count). The van der Waals surface area contributed by atoms with E-state index in [9.17, 15) is 19.7 Å². The quantitative estimate of drug-likeness (QED) is 0.256. The Labute approximate surface area is 191 Å². The number of rotatable bonds is 6. The molecule has 3 aromatic rings. The van der Waals surface area contributed by atoms with Crippen molar-refractivity contribution in [2.45, 2.75) is 6.54 Å². The van der Waals surface area contributed by atoms with Gasteiger partial charge in [0.05, 0.1) is 28.5 Å². The van der Waals surface area contributed by atoms with Crippen molar-refractivity contribution < 1.29 is 23.7 Å². The first kappa shape index (κ1) is 21.7. The number of methoxy groups -OCH3 is 1. The Kier molecular flexibility index (Phi) is 6.02. The smallest absolute Gasteiger partial charge is 0.293 e. The molecule has 0 spiro atoms. The molecule has 0 bridgehead atoms. The highest BCUT2D eigenvalue weighted by Gasteiger charge is 2.35. The van der Waals surface area contributed by atoms with E-state index in [4.69, 9.17) is 20.8 Å². The van der Waals surface area contributed by atoms with E-state index in [0.29, 0.717) is 27.9 Å². The van der Waals surface area contributed by atoms with Gasteiger partial charge in [0, 0.05) is 23.8 Å². The van der Waals surface area contributed by atoms with Gasteiger partial charge in [-0.15, -0.1) is 0 Å². The molecule has 32 heavy (non-hydrogen) atoms. The van der Waals surface area contributed by atoms with Gasteiger partial charge in [0.2, 0.25) is 0 Å². The Balaban J connectivity index is 1.50. The zero-order valence-corrected chi connectivity index (χ0v) is 18.2. The number of hydrogen-bond donors (Lipinski definition) is 0. The first-order valence-electron chi connectivity index (χ1n) is 9.28. The SMILES string of the molecule is COc1ccc(-c2ccc(/C=C3\SC(=O)N(Cc4ccc([N+](=O)[O-])cc4)C3=O)o2)cc1Cl. The lowest BCUT2D eigenvalue weighted by Crippen LogP contribution is -2.27. The molecule has 10 heteroatoms. The number of thioether (sulfide) groups is 1. The van der Waals surface area contributed by atoms with E-state index >= 15 is 0 Å². The maximum Gasteiger partial charge on any atom is 0.293 e. The Morgan fingerprint density at radius 2 is 1.91 bits per heavy atom. The van der Waals surface area contributed by atoms with Crippen molar-refractivity contribution in [2.75, 3.05) is 7.11 Å². The molecular formula is C22H15ClN2O6S. The lowest BCUT2D eigenvalue weighted by Gasteiger charge is -2.12. The summed E-state index contributed by atoms with van der Waals surface area (Å²) in [4.78, 5) is 36.7. The average Bonchev–Trinajstić information content (AvgIpc) is 3.34. The Hall–Kier alpha value is -3.56. The highest BCUT2D eigenvalue weighted by Crippen LogP contribution is 2.35. The molecule has 2 amide bonds. The number of halogens is 1. The fraction of sp³-hybridized carbons (Fsp3) is 0.0909. The third kappa shape index (κ3) is 4.39. The maximum atomic E-state index is 12.7. The number of hydrogen-bond acceptors (Lipinski definition) is 7. The second kappa shape index (κ2) is 8.89. The molecule has 0 aliphatic carbocycles. The third-order valence-corrected chi connectivity index (χ3v) is 5.90. The first-order chi connectivity index (χ1) is 15.4. The monoisotopic (exact) mass is 470 g/mol. The van der Waals surface area contributed by atoms with Crippen molar-refractivity contribution in [3.8, 4) is 17.1 Å². The summed E-state index contributed by atoms with van der Waals surface area (Å²) >= 11 is 6.97. The summed E-state index contributed by atoms with van der Waals surface area (Å²) in [6.45, 7) is 0.0216. The number of nitro groups is 1. The van der Waals surface area contributed by atoms with E-state index in [-0.39, 0.29) is 17.1 Å². The number of imide groups is 1. The van der Waals surface area contributed by atoms with Gasteiger partial charge in [0.15, 0.2) is 0 Å². The van der Waals surface area contributed by atoms with Crippen LogP contribution in [0.5, 0.6) is 5.75 Å². The first-order valence-corrected chi connectivity index (χ1v) is 10.5. The molecule has 1 aliphatic rings. The van der Waals surface area contributed by atoms with E-state index in [0.717, 1.165) is 22.2 Å². The van der Waals surface area contributed by atoms with Crippen molar-refractivity contribution in [3.05, 3.63) is 86.0 Å². The van der Waals surface area contributed by atoms with Crippen molar-refractivity contribution in [1.82, 2.24) is 4.90 Å². The molecule has 0 radical (unpaired) electrons. The second-order valence-electron chi connectivity index (χ2n) is 6.74. The van der Waals surface area contributed by atoms with Gasteiger partial charge in [-0.2, -0.15) is 0 Å². The van der Waals surface area contributed by atoms with Crippen molar-refractivity contribution in [3.63, 3.8) is 0 Å². The number of nitrogens with zero attached hydrogens (tertiary/aromatic N) is 2. The topological polar surface area (TPSA) is 103 Å². The van der Waals surface area contributed by atoms with E-state index in [2.05, 4.69) is 0 Å². The fourth-order valence-corrected chi connectivity index (χ4v) is 4.15. The summed E-state index contributed by atoms with van der Waals surface area (Å²) in [6, 6.07) is 14.4. The standard InChI is InChI=1S/C22H15ClN2O6S/c1-30-19-8-4-14(10-17(19)23)18-9-7-16(31-18)11-20-21(26)24(22(27)32-20)12-13-2-5-15(6-3-13)25(28)29/h2-11H,12H2,1H3/b20-11-. The van der Waals surface area contributed by atoms with Crippen LogP contribution in [0.15, 0.2) is 63.9 Å². The molecule has 0 atom stereocenters. The maximum absolute atomic E-state index is 12.7. The number of carbonyl (C=O) groups is 2. The molecule has 1 saturated heterocycles. The van der Waals surface area contributed by atoms with Crippen molar-refractivity contribution in [1.29, 1.82) is 0 Å². The molecule has 162 valence electrons. The molecule has 1 aromatic heterocycles. The molecular weight excluding hydrogens is 456 g/mol. The van der Waals surface area contributed by atoms with Crippen LogP contribution in [0.2, 0.25) is 5.02 Å². The molecule has 0 saturated carbocycles. The summed E-state index contributed by atoms with van der Waals surface area (Å²) in [5, 5.41) is 10.8. The Morgan fingerprint density at radius 3 is 2.56 bits per heavy atom. The van der Waals surface area contributed by atoms with Crippen molar-refractivity contribution >= 4 is 46.3 Å². The lowest BCUT2D eigenvalue weighted by molar-refractivity contribution is -0.384. The average molecular weight is 471 g/mol. The third-order valence-electron chi connectivity index (χ3n) is 4.70. The Bertz CT molecular complexity index is 1250. The summed E-state index contributed by atoms with van der Waals surface area (Å²) < 4.78 is 10.9. The minimum atomic E-state index is -0.510. The van der Waals surface area contributed by atoms with Crippen LogP contribution in [0.1, 0.15) is 11.3 Å². The molecule has 2 aromatic carbocycles. The van der Waals surface area contributed by atoms with Gasteiger partial charge < -0.3 is 9.15 Å². The van der Waals surface area contributed by atoms with Crippen LogP contribution < -0.4 is 4.74 Å². The summed E-state index contributed by atoms with van der Waals surface area (Å²) in [5.74, 6) is 1.05. The van der Waals surface area contributed by atoms with Crippen LogP contribution in [-0.4, -0.2) is 28.1 Å². The minimum absolute atomic E-state index is 0.0216. The van der Waals surface area contributed by atoms with Crippen LogP contribution >= 0.6 is 23.4 Å². The van der Waals surface area contributed by atoms with Crippen LogP contribution in [0, 0.1) is 10.1 Å². The van der Waals surface area contributed by atoms with E-state index in [1.54, 1.807) is 30.3 Å². The number of non-ortho nitro benzene ring substituents is 1. The highest BCUT2D eigenvalue weighted by molar-refractivity contribution is 8.18. The number of amides is 2. The zero-order valence-electron chi connectivity index (χ0n) is 16.6. The predicted octanol–water partition coefficient (Wildman–Crippen LogP) is 5.75. The molecule has 2 heterocycles. The van der Waals surface area contributed by atoms with Crippen LogP contribution in [0.4, 0.5) is 10.5 Å². The predicted molar refractivity (Wildman–Crippen MR) is 120 cm³/mol. The summed E-state index contributed by atoms with van der Waals surface area (Å²) in [6.07, 6.45) is 1.51. The highest BCUT2D eigenvalue weighted by atomic mass is 35.5. The number of nitro benzene ring substituents is 1. The number of carbonyl (C=O) groups excluding carboxylic acids is 2. The van der Waals surface area contributed by atoms with Crippen LogP contribution in [0.3, 0.4) is 0 Å². The molecule has 1 fully saturated rings. The number of ether oxygens (including phenoxy) is 1. The van der Waals surface area contributed by atoms with Crippen LogP contribution in [-0.2, 0) is 11.3 Å². The minimum Gasteiger partial charge on any atom is -0.495 e. The molecule has 1 aliphatic heterocycles. The normalized spacial score (nSPS) is 14.9. The van der Waals surface area contributed by atoms with E-state index in [1.807, 2.05) is 0 Å². The van der Waals surface area contributed by atoms with E-state index < -0.39 is 16.1 Å². The van der Waals surface area contributed by atoms with Gasteiger partial charge in [-0.3, -0.25) is 24.6 Å².